The molecule has 0 aromatic carbocycles. The van der Waals surface area contributed by atoms with Gasteiger partial charge in [-0.05, 0) is 31.6 Å². The molecular formula is C15H25NO3. The molecule has 108 valence electrons. The lowest BCUT2D eigenvalue weighted by Gasteiger charge is -2.39. The van der Waals surface area contributed by atoms with Crippen molar-refractivity contribution in [2.45, 2.75) is 70.8 Å². The normalized spacial score (nSPS) is 33.9. The van der Waals surface area contributed by atoms with Crippen molar-refractivity contribution in [3.8, 4) is 0 Å². The predicted octanol–water partition coefficient (Wildman–Crippen LogP) is 2.72. The molecule has 2 N–H and O–H groups in total. The van der Waals surface area contributed by atoms with Crippen LogP contribution in [0.4, 0.5) is 0 Å². The van der Waals surface area contributed by atoms with E-state index in [1.807, 2.05) is 6.92 Å². The van der Waals surface area contributed by atoms with E-state index in [2.05, 4.69) is 12.2 Å². The van der Waals surface area contributed by atoms with Gasteiger partial charge in [0.2, 0.25) is 5.91 Å². The molecule has 1 amide bonds. The number of carboxylic acid groups (broad SMARTS) is 1. The van der Waals surface area contributed by atoms with Gasteiger partial charge in [0.1, 0.15) is 5.54 Å². The Labute approximate surface area is 115 Å². The Bertz CT molecular complexity index is 374. The van der Waals surface area contributed by atoms with Gasteiger partial charge in [0.05, 0.1) is 0 Å². The van der Waals surface area contributed by atoms with Crippen LogP contribution in [0.2, 0.25) is 0 Å². The van der Waals surface area contributed by atoms with Crippen LogP contribution in [0.1, 0.15) is 65.2 Å². The summed E-state index contributed by atoms with van der Waals surface area (Å²) in [5.41, 5.74) is -1.39. The maximum Gasteiger partial charge on any atom is 0.329 e. The fraction of sp³-hybridized carbons (Fsp3) is 0.867. The van der Waals surface area contributed by atoms with E-state index in [0.717, 1.165) is 38.5 Å². The lowest BCUT2D eigenvalue weighted by atomic mass is 9.75. The van der Waals surface area contributed by atoms with E-state index in [9.17, 15) is 14.7 Å². The Morgan fingerprint density at radius 3 is 2.32 bits per heavy atom. The van der Waals surface area contributed by atoms with Crippen molar-refractivity contribution < 1.29 is 14.7 Å². The Balaban J connectivity index is 2.12. The number of rotatable bonds is 3. The zero-order valence-corrected chi connectivity index (χ0v) is 12.0. The van der Waals surface area contributed by atoms with E-state index in [1.165, 1.54) is 0 Å². The molecule has 2 aliphatic rings. The Morgan fingerprint density at radius 2 is 1.79 bits per heavy atom. The van der Waals surface area contributed by atoms with E-state index in [0.29, 0.717) is 18.8 Å². The number of nitrogens with one attached hydrogen (secondary N) is 1. The molecule has 0 heterocycles. The van der Waals surface area contributed by atoms with Crippen LogP contribution in [-0.4, -0.2) is 22.5 Å². The van der Waals surface area contributed by atoms with Crippen molar-refractivity contribution in [1.29, 1.82) is 0 Å². The van der Waals surface area contributed by atoms with Crippen LogP contribution in [0.5, 0.6) is 0 Å². The van der Waals surface area contributed by atoms with Gasteiger partial charge in [0, 0.05) is 5.41 Å². The maximum atomic E-state index is 12.5. The van der Waals surface area contributed by atoms with Gasteiger partial charge in [-0.3, -0.25) is 4.79 Å². The highest BCUT2D eigenvalue weighted by atomic mass is 16.4. The second-order valence-electron chi connectivity index (χ2n) is 6.81. The molecule has 2 unspecified atom stereocenters. The van der Waals surface area contributed by atoms with Crippen molar-refractivity contribution in [2.75, 3.05) is 0 Å². The lowest BCUT2D eigenvalue weighted by molar-refractivity contribution is -0.151. The third-order valence-corrected chi connectivity index (χ3v) is 5.01. The monoisotopic (exact) mass is 267 g/mol. The van der Waals surface area contributed by atoms with Gasteiger partial charge in [0.25, 0.3) is 0 Å². The number of hydrogen-bond donors (Lipinski definition) is 2. The third-order valence-electron chi connectivity index (χ3n) is 5.01. The summed E-state index contributed by atoms with van der Waals surface area (Å²) in [6.07, 6.45) is 6.96. The second kappa shape index (κ2) is 5.14. The van der Waals surface area contributed by atoms with Crippen LogP contribution < -0.4 is 5.32 Å². The van der Waals surface area contributed by atoms with E-state index in [-0.39, 0.29) is 11.3 Å². The summed E-state index contributed by atoms with van der Waals surface area (Å²) in [4.78, 5) is 24.1. The first kappa shape index (κ1) is 14.4. The fourth-order valence-electron chi connectivity index (χ4n) is 3.66. The van der Waals surface area contributed by atoms with Crippen molar-refractivity contribution in [3.63, 3.8) is 0 Å². The highest BCUT2D eigenvalue weighted by molar-refractivity contribution is 5.90. The lowest BCUT2D eigenvalue weighted by Crippen LogP contribution is -2.59. The number of carbonyl (C=O) groups excluding carboxylic acids is 1. The van der Waals surface area contributed by atoms with E-state index < -0.39 is 11.5 Å². The first-order chi connectivity index (χ1) is 8.88. The van der Waals surface area contributed by atoms with E-state index in [1.54, 1.807) is 0 Å². The quantitative estimate of drug-likeness (QED) is 0.826. The standard InChI is InChI=1S/C15H25NO3/c1-11-6-5-9-15(10-11,13(18)19)16-12(17)14(2)7-3-4-8-14/h11H,3-10H2,1-2H3,(H,16,17)(H,18,19). The fourth-order valence-corrected chi connectivity index (χ4v) is 3.66. The van der Waals surface area contributed by atoms with Crippen molar-refractivity contribution in [1.82, 2.24) is 5.32 Å². The topological polar surface area (TPSA) is 66.4 Å². The van der Waals surface area contributed by atoms with Gasteiger partial charge in [-0.2, -0.15) is 0 Å². The Morgan fingerprint density at radius 1 is 1.16 bits per heavy atom. The number of aliphatic carboxylic acids is 1. The number of carbonyl (C=O) groups is 2. The maximum absolute atomic E-state index is 12.5. The van der Waals surface area contributed by atoms with Crippen LogP contribution in [0.15, 0.2) is 0 Å². The molecule has 2 saturated carbocycles. The molecule has 19 heavy (non-hydrogen) atoms. The summed E-state index contributed by atoms with van der Waals surface area (Å²) in [5, 5.41) is 12.5. The van der Waals surface area contributed by atoms with E-state index in [4.69, 9.17) is 0 Å². The highest BCUT2D eigenvalue weighted by Crippen LogP contribution is 2.39. The summed E-state index contributed by atoms with van der Waals surface area (Å²) in [6.45, 7) is 4.04. The van der Waals surface area contributed by atoms with Crippen LogP contribution in [0.25, 0.3) is 0 Å². The first-order valence-electron chi connectivity index (χ1n) is 7.44. The molecule has 2 atom stereocenters. The Kier molecular flexibility index (Phi) is 3.88. The zero-order valence-electron chi connectivity index (χ0n) is 12.0. The number of carboxylic acids is 1. The molecule has 0 saturated heterocycles. The van der Waals surface area contributed by atoms with Crippen molar-refractivity contribution in [2.24, 2.45) is 11.3 Å². The molecule has 0 bridgehead atoms. The number of amides is 1. The van der Waals surface area contributed by atoms with Gasteiger partial charge in [-0.15, -0.1) is 0 Å². The molecule has 4 heteroatoms. The first-order valence-corrected chi connectivity index (χ1v) is 7.44. The zero-order chi connectivity index (χ0) is 14.1. The molecule has 0 aromatic rings. The molecule has 0 spiro atoms. The minimum Gasteiger partial charge on any atom is -0.480 e. The summed E-state index contributed by atoms with van der Waals surface area (Å²) in [5.74, 6) is -0.558. The Hall–Kier alpha value is -1.06. The summed E-state index contributed by atoms with van der Waals surface area (Å²) in [7, 11) is 0. The van der Waals surface area contributed by atoms with Gasteiger partial charge < -0.3 is 10.4 Å². The second-order valence-corrected chi connectivity index (χ2v) is 6.81. The smallest absolute Gasteiger partial charge is 0.329 e. The molecule has 4 nitrogen and oxygen atoms in total. The minimum atomic E-state index is -1.03. The van der Waals surface area contributed by atoms with Crippen LogP contribution in [0, 0.1) is 11.3 Å². The van der Waals surface area contributed by atoms with Gasteiger partial charge in [-0.1, -0.05) is 39.5 Å². The molecule has 2 fully saturated rings. The molecular weight excluding hydrogens is 242 g/mol. The predicted molar refractivity (Wildman–Crippen MR) is 72.7 cm³/mol. The molecule has 2 aliphatic carbocycles. The largest absolute Gasteiger partial charge is 0.480 e. The average Bonchev–Trinajstić information content (AvgIpc) is 2.77. The van der Waals surface area contributed by atoms with Gasteiger partial charge >= 0.3 is 5.97 Å². The van der Waals surface area contributed by atoms with E-state index >= 15 is 0 Å². The molecule has 2 rings (SSSR count). The van der Waals surface area contributed by atoms with Gasteiger partial charge in [0.15, 0.2) is 0 Å². The average molecular weight is 267 g/mol. The molecule has 0 aromatic heterocycles. The SMILES string of the molecule is CC1CCCC(NC(=O)C2(C)CCCC2)(C(=O)O)C1. The van der Waals surface area contributed by atoms with Crippen molar-refractivity contribution in [3.05, 3.63) is 0 Å². The summed E-state index contributed by atoms with van der Waals surface area (Å²) in [6, 6.07) is 0. The minimum absolute atomic E-state index is 0.0542. The summed E-state index contributed by atoms with van der Waals surface area (Å²) < 4.78 is 0. The number of hydrogen-bond acceptors (Lipinski definition) is 2. The van der Waals surface area contributed by atoms with Crippen LogP contribution in [0.3, 0.4) is 0 Å². The highest BCUT2D eigenvalue weighted by Gasteiger charge is 2.46. The van der Waals surface area contributed by atoms with Crippen molar-refractivity contribution >= 4 is 11.9 Å². The summed E-state index contributed by atoms with van der Waals surface area (Å²) >= 11 is 0. The van der Waals surface area contributed by atoms with Gasteiger partial charge in [-0.25, -0.2) is 4.79 Å². The van der Waals surface area contributed by atoms with Crippen LogP contribution >= 0.6 is 0 Å². The molecule has 0 aliphatic heterocycles. The van der Waals surface area contributed by atoms with Crippen LogP contribution in [-0.2, 0) is 9.59 Å². The molecule has 0 radical (unpaired) electrons. The third kappa shape index (κ3) is 2.77.